The van der Waals surface area contributed by atoms with Crippen molar-refractivity contribution in [3.63, 3.8) is 0 Å². The fourth-order valence-corrected chi connectivity index (χ4v) is 3.73. The van der Waals surface area contributed by atoms with Crippen molar-refractivity contribution in [3.05, 3.63) is 66.3 Å². The standard InChI is InChI=1S/C25H28O7/c1-17(26)29-23-16-21(12-6-10-20-11-7-13-24(28)32-20)31-22(25(23)30-18(2)27)15-14-19-8-4-3-5-9-19/h3-10,13-15,20-23,25H,11-12,16H2,1-2H3/b10-6+,15-14+/t20-,21+,22+,23+,25+/m0/s1. The van der Waals surface area contributed by atoms with E-state index in [0.29, 0.717) is 19.3 Å². The maximum absolute atomic E-state index is 11.7. The summed E-state index contributed by atoms with van der Waals surface area (Å²) in [5, 5.41) is 0. The molecule has 0 spiro atoms. The number of esters is 3. The maximum Gasteiger partial charge on any atom is 0.331 e. The molecule has 0 amide bonds. The normalized spacial score (nSPS) is 27.9. The van der Waals surface area contributed by atoms with Crippen LogP contribution in [-0.4, -0.2) is 48.4 Å². The zero-order valence-electron chi connectivity index (χ0n) is 18.2. The highest BCUT2D eigenvalue weighted by molar-refractivity contribution is 5.82. The monoisotopic (exact) mass is 440 g/mol. The van der Waals surface area contributed by atoms with Crippen molar-refractivity contribution in [2.24, 2.45) is 0 Å². The lowest BCUT2D eigenvalue weighted by molar-refractivity contribution is -0.198. The molecule has 1 fully saturated rings. The lowest BCUT2D eigenvalue weighted by atomic mass is 9.94. The van der Waals surface area contributed by atoms with Gasteiger partial charge >= 0.3 is 17.9 Å². The van der Waals surface area contributed by atoms with Gasteiger partial charge in [0.25, 0.3) is 0 Å². The molecule has 1 aromatic carbocycles. The molecular formula is C25H28O7. The van der Waals surface area contributed by atoms with Crippen molar-refractivity contribution in [1.29, 1.82) is 0 Å². The number of ether oxygens (including phenoxy) is 4. The molecule has 7 heteroatoms. The van der Waals surface area contributed by atoms with E-state index < -0.39 is 30.3 Å². The fourth-order valence-electron chi connectivity index (χ4n) is 3.73. The van der Waals surface area contributed by atoms with Crippen LogP contribution in [0.4, 0.5) is 0 Å². The molecule has 0 bridgehead atoms. The van der Waals surface area contributed by atoms with Crippen molar-refractivity contribution < 1.29 is 33.3 Å². The molecule has 7 nitrogen and oxygen atoms in total. The first-order valence-electron chi connectivity index (χ1n) is 10.7. The van der Waals surface area contributed by atoms with Crippen molar-refractivity contribution in [1.82, 2.24) is 0 Å². The largest absolute Gasteiger partial charge is 0.458 e. The average molecular weight is 440 g/mol. The Bertz CT molecular complexity index is 887. The smallest absolute Gasteiger partial charge is 0.331 e. The predicted molar refractivity (Wildman–Crippen MR) is 117 cm³/mol. The van der Waals surface area contributed by atoms with Gasteiger partial charge in [0, 0.05) is 32.8 Å². The molecule has 0 saturated carbocycles. The molecule has 1 aromatic rings. The highest BCUT2D eigenvalue weighted by Crippen LogP contribution is 2.29. The third-order valence-electron chi connectivity index (χ3n) is 5.07. The summed E-state index contributed by atoms with van der Waals surface area (Å²) < 4.78 is 22.4. The van der Waals surface area contributed by atoms with E-state index >= 15 is 0 Å². The van der Waals surface area contributed by atoms with Crippen LogP contribution < -0.4 is 0 Å². The average Bonchev–Trinajstić information content (AvgIpc) is 2.74. The summed E-state index contributed by atoms with van der Waals surface area (Å²) in [5.74, 6) is -1.28. The Morgan fingerprint density at radius 2 is 1.84 bits per heavy atom. The Hall–Kier alpha value is -3.19. The minimum absolute atomic E-state index is 0.275. The third kappa shape index (κ3) is 7.20. The molecule has 2 heterocycles. The number of hydrogen-bond acceptors (Lipinski definition) is 7. The highest BCUT2D eigenvalue weighted by Gasteiger charge is 2.41. The molecule has 1 saturated heterocycles. The molecule has 0 aromatic heterocycles. The van der Waals surface area contributed by atoms with Gasteiger partial charge in [-0.25, -0.2) is 4.79 Å². The topological polar surface area (TPSA) is 88.1 Å². The summed E-state index contributed by atoms with van der Waals surface area (Å²) in [6.07, 6.45) is 9.61. The minimum atomic E-state index is -0.749. The van der Waals surface area contributed by atoms with Crippen molar-refractivity contribution in [2.75, 3.05) is 0 Å². The van der Waals surface area contributed by atoms with Crippen LogP contribution >= 0.6 is 0 Å². The molecule has 32 heavy (non-hydrogen) atoms. The zero-order chi connectivity index (χ0) is 22.9. The second-order valence-electron chi connectivity index (χ2n) is 7.73. The second kappa shape index (κ2) is 11.4. The highest BCUT2D eigenvalue weighted by atomic mass is 16.6. The summed E-state index contributed by atoms with van der Waals surface area (Å²) in [6, 6.07) is 9.67. The van der Waals surface area contributed by atoms with Gasteiger partial charge < -0.3 is 18.9 Å². The van der Waals surface area contributed by atoms with Crippen LogP contribution in [0.3, 0.4) is 0 Å². The quantitative estimate of drug-likeness (QED) is 0.364. The number of cyclic esters (lactones) is 1. The van der Waals surface area contributed by atoms with Gasteiger partial charge in [-0.3, -0.25) is 9.59 Å². The van der Waals surface area contributed by atoms with Crippen LogP contribution in [0.15, 0.2) is 60.7 Å². The molecule has 0 N–H and O–H groups in total. The zero-order valence-corrected chi connectivity index (χ0v) is 18.2. The van der Waals surface area contributed by atoms with E-state index in [4.69, 9.17) is 18.9 Å². The molecule has 0 aliphatic carbocycles. The first kappa shape index (κ1) is 23.5. The number of rotatable bonds is 7. The summed E-state index contributed by atoms with van der Waals surface area (Å²) in [6.45, 7) is 2.65. The summed E-state index contributed by atoms with van der Waals surface area (Å²) in [4.78, 5) is 34.8. The molecule has 3 rings (SSSR count). The number of hydrogen-bond donors (Lipinski definition) is 0. The molecule has 0 unspecified atom stereocenters. The Balaban J connectivity index is 1.74. The van der Waals surface area contributed by atoms with Gasteiger partial charge in [0.15, 0.2) is 6.10 Å². The van der Waals surface area contributed by atoms with Gasteiger partial charge in [0.2, 0.25) is 0 Å². The van der Waals surface area contributed by atoms with Gasteiger partial charge in [0.05, 0.1) is 6.10 Å². The summed E-state index contributed by atoms with van der Waals surface area (Å²) in [7, 11) is 0. The van der Waals surface area contributed by atoms with Gasteiger partial charge in [-0.1, -0.05) is 54.6 Å². The molecule has 5 atom stereocenters. The van der Waals surface area contributed by atoms with E-state index in [-0.39, 0.29) is 18.2 Å². The van der Waals surface area contributed by atoms with Crippen molar-refractivity contribution >= 4 is 24.0 Å². The second-order valence-corrected chi connectivity index (χ2v) is 7.73. The van der Waals surface area contributed by atoms with E-state index in [0.717, 1.165) is 5.56 Å². The first-order chi connectivity index (χ1) is 15.4. The van der Waals surface area contributed by atoms with Crippen LogP contribution in [0.1, 0.15) is 38.7 Å². The SMILES string of the molecule is CC(=O)O[C@@H]1[C@@H](/C=C/c2ccccc2)O[C@H](C/C=C/[C@H]2CC=CC(=O)O2)C[C@H]1OC(C)=O. The fraction of sp³-hybridized carbons (Fsp3) is 0.400. The Labute approximate surface area is 187 Å². The van der Waals surface area contributed by atoms with Crippen LogP contribution in [0.5, 0.6) is 0 Å². The van der Waals surface area contributed by atoms with Crippen LogP contribution in [0, 0.1) is 0 Å². The van der Waals surface area contributed by atoms with Crippen LogP contribution in [0.2, 0.25) is 0 Å². The van der Waals surface area contributed by atoms with Gasteiger partial charge in [0.1, 0.15) is 18.3 Å². The lowest BCUT2D eigenvalue weighted by Gasteiger charge is -2.39. The van der Waals surface area contributed by atoms with Crippen LogP contribution in [0.25, 0.3) is 6.08 Å². The molecule has 2 aliphatic rings. The predicted octanol–water partition coefficient (Wildman–Crippen LogP) is 3.54. The van der Waals surface area contributed by atoms with E-state index in [1.54, 1.807) is 6.08 Å². The molecule has 170 valence electrons. The maximum atomic E-state index is 11.7. The van der Waals surface area contributed by atoms with Gasteiger partial charge in [-0.05, 0) is 18.1 Å². The first-order valence-corrected chi connectivity index (χ1v) is 10.7. The van der Waals surface area contributed by atoms with E-state index in [2.05, 4.69) is 0 Å². The van der Waals surface area contributed by atoms with Gasteiger partial charge in [-0.2, -0.15) is 0 Å². The van der Waals surface area contributed by atoms with E-state index in [1.807, 2.05) is 54.6 Å². The van der Waals surface area contributed by atoms with Crippen LogP contribution in [-0.2, 0) is 33.3 Å². The van der Waals surface area contributed by atoms with E-state index in [1.165, 1.54) is 19.9 Å². The molecule has 2 aliphatic heterocycles. The lowest BCUT2D eigenvalue weighted by Crippen LogP contribution is -2.51. The number of carbonyl (C=O) groups excluding carboxylic acids is 3. The van der Waals surface area contributed by atoms with Crippen molar-refractivity contribution in [3.8, 4) is 0 Å². The number of carbonyl (C=O) groups is 3. The Morgan fingerprint density at radius 1 is 1.09 bits per heavy atom. The Kier molecular flexibility index (Phi) is 8.39. The van der Waals surface area contributed by atoms with E-state index in [9.17, 15) is 14.4 Å². The number of benzene rings is 1. The minimum Gasteiger partial charge on any atom is -0.458 e. The van der Waals surface area contributed by atoms with Gasteiger partial charge in [-0.15, -0.1) is 0 Å². The molecule has 0 radical (unpaired) electrons. The Morgan fingerprint density at radius 3 is 2.53 bits per heavy atom. The van der Waals surface area contributed by atoms with Crippen molar-refractivity contribution in [2.45, 2.75) is 63.6 Å². The molecular weight excluding hydrogens is 412 g/mol. The summed E-state index contributed by atoms with van der Waals surface area (Å²) in [5.41, 5.74) is 0.968. The third-order valence-corrected chi connectivity index (χ3v) is 5.07. The summed E-state index contributed by atoms with van der Waals surface area (Å²) >= 11 is 0.